The lowest BCUT2D eigenvalue weighted by atomic mass is 10.1. The van der Waals surface area contributed by atoms with Gasteiger partial charge in [0.15, 0.2) is 0 Å². The summed E-state index contributed by atoms with van der Waals surface area (Å²) in [6, 6.07) is 0. The molecule has 0 unspecified atom stereocenters. The Hall–Kier alpha value is -0.610. The molecule has 0 aliphatic carbocycles. The lowest BCUT2D eigenvalue weighted by Gasteiger charge is -2.31. The zero-order valence-corrected chi connectivity index (χ0v) is 7.63. The number of carbonyl (C=O) groups excluding carboxylic acids is 1. The van der Waals surface area contributed by atoms with E-state index in [0.717, 1.165) is 13.0 Å². The summed E-state index contributed by atoms with van der Waals surface area (Å²) in [6.07, 6.45) is 1.48. The summed E-state index contributed by atoms with van der Waals surface area (Å²) in [5.74, 6) is 0.0468. The van der Waals surface area contributed by atoms with Gasteiger partial charge in [0.05, 0.1) is 5.60 Å². The SMILES string of the molecule is CC(C)(O)CN1CCCC(=O)N1. The van der Waals surface area contributed by atoms with Crippen molar-refractivity contribution in [1.29, 1.82) is 0 Å². The van der Waals surface area contributed by atoms with E-state index in [1.54, 1.807) is 18.9 Å². The molecule has 12 heavy (non-hydrogen) atoms. The van der Waals surface area contributed by atoms with Gasteiger partial charge in [-0.15, -0.1) is 0 Å². The third kappa shape index (κ3) is 3.19. The molecule has 1 aliphatic rings. The number of hydrogen-bond acceptors (Lipinski definition) is 3. The van der Waals surface area contributed by atoms with Gasteiger partial charge < -0.3 is 5.11 Å². The molecule has 0 spiro atoms. The molecule has 1 heterocycles. The van der Waals surface area contributed by atoms with Crippen molar-refractivity contribution < 1.29 is 9.90 Å². The summed E-state index contributed by atoms with van der Waals surface area (Å²) in [5, 5.41) is 11.2. The molecule has 1 fully saturated rings. The van der Waals surface area contributed by atoms with Crippen molar-refractivity contribution in [1.82, 2.24) is 10.4 Å². The Labute approximate surface area is 72.5 Å². The minimum absolute atomic E-state index is 0.0468. The van der Waals surface area contributed by atoms with Crippen LogP contribution in [0.2, 0.25) is 0 Å². The third-order valence-electron chi connectivity index (χ3n) is 1.69. The van der Waals surface area contributed by atoms with Gasteiger partial charge in [-0.3, -0.25) is 10.2 Å². The molecule has 2 N–H and O–H groups in total. The van der Waals surface area contributed by atoms with Gasteiger partial charge in [-0.05, 0) is 20.3 Å². The maximum Gasteiger partial charge on any atom is 0.234 e. The number of rotatable bonds is 2. The van der Waals surface area contributed by atoms with E-state index in [-0.39, 0.29) is 5.91 Å². The van der Waals surface area contributed by atoms with Crippen molar-refractivity contribution in [2.45, 2.75) is 32.3 Å². The van der Waals surface area contributed by atoms with Gasteiger partial charge in [0.25, 0.3) is 0 Å². The van der Waals surface area contributed by atoms with Gasteiger partial charge in [0.2, 0.25) is 5.91 Å². The molecule has 0 aromatic rings. The van der Waals surface area contributed by atoms with Crippen LogP contribution in [0.3, 0.4) is 0 Å². The average Bonchev–Trinajstić information content (AvgIpc) is 1.82. The van der Waals surface area contributed by atoms with Crippen LogP contribution in [0.4, 0.5) is 0 Å². The minimum Gasteiger partial charge on any atom is -0.389 e. The molecular weight excluding hydrogens is 156 g/mol. The molecule has 1 rings (SSSR count). The summed E-state index contributed by atoms with van der Waals surface area (Å²) >= 11 is 0. The van der Waals surface area contributed by atoms with E-state index in [1.807, 2.05) is 0 Å². The number of nitrogens with one attached hydrogen (secondary N) is 1. The van der Waals surface area contributed by atoms with Gasteiger partial charge in [0.1, 0.15) is 0 Å². The highest BCUT2D eigenvalue weighted by atomic mass is 16.3. The number of amides is 1. The normalized spacial score (nSPS) is 20.8. The van der Waals surface area contributed by atoms with Crippen LogP contribution in [-0.4, -0.2) is 34.7 Å². The average molecular weight is 172 g/mol. The second-order valence-corrected chi connectivity index (χ2v) is 3.87. The quantitative estimate of drug-likeness (QED) is 0.611. The molecule has 0 atom stereocenters. The van der Waals surface area contributed by atoms with Gasteiger partial charge in [-0.25, -0.2) is 5.01 Å². The Morgan fingerprint density at radius 3 is 2.83 bits per heavy atom. The first-order chi connectivity index (χ1) is 5.47. The minimum atomic E-state index is -0.745. The Kier molecular flexibility index (Phi) is 2.69. The van der Waals surface area contributed by atoms with E-state index in [9.17, 15) is 9.90 Å². The van der Waals surface area contributed by atoms with Crippen LogP contribution in [0.1, 0.15) is 26.7 Å². The molecule has 1 amide bonds. The monoisotopic (exact) mass is 172 g/mol. The smallest absolute Gasteiger partial charge is 0.234 e. The van der Waals surface area contributed by atoms with Crippen LogP contribution in [0.5, 0.6) is 0 Å². The molecule has 1 aliphatic heterocycles. The summed E-state index contributed by atoms with van der Waals surface area (Å²) in [5.41, 5.74) is 1.96. The molecule has 4 nitrogen and oxygen atoms in total. The second-order valence-electron chi connectivity index (χ2n) is 3.87. The van der Waals surface area contributed by atoms with Crippen molar-refractivity contribution in [2.24, 2.45) is 0 Å². The molecule has 1 saturated heterocycles. The summed E-state index contributed by atoms with van der Waals surface area (Å²) in [7, 11) is 0. The van der Waals surface area contributed by atoms with E-state index < -0.39 is 5.60 Å². The first-order valence-electron chi connectivity index (χ1n) is 4.24. The zero-order chi connectivity index (χ0) is 9.19. The maximum atomic E-state index is 10.9. The van der Waals surface area contributed by atoms with E-state index >= 15 is 0 Å². The number of carbonyl (C=O) groups is 1. The highest BCUT2D eigenvalue weighted by molar-refractivity contribution is 5.75. The first-order valence-corrected chi connectivity index (χ1v) is 4.24. The van der Waals surface area contributed by atoms with Gasteiger partial charge in [-0.2, -0.15) is 0 Å². The third-order valence-corrected chi connectivity index (χ3v) is 1.69. The predicted octanol–water partition coefficient (Wildman–Crippen LogP) is -0.116. The molecule has 4 heteroatoms. The summed E-state index contributed by atoms with van der Waals surface area (Å²) in [6.45, 7) is 4.77. The topological polar surface area (TPSA) is 52.6 Å². The van der Waals surface area contributed by atoms with Gasteiger partial charge in [-0.1, -0.05) is 0 Å². The maximum absolute atomic E-state index is 10.9. The number of nitrogens with zero attached hydrogens (tertiary/aromatic N) is 1. The molecular formula is C8H16N2O2. The molecule has 0 aromatic heterocycles. The fraction of sp³-hybridized carbons (Fsp3) is 0.875. The largest absolute Gasteiger partial charge is 0.389 e. The molecule has 0 aromatic carbocycles. The van der Waals surface area contributed by atoms with Crippen molar-refractivity contribution in [3.8, 4) is 0 Å². The molecule has 0 saturated carbocycles. The lowest BCUT2D eigenvalue weighted by Crippen LogP contribution is -2.51. The number of hydrogen-bond donors (Lipinski definition) is 2. The van der Waals surface area contributed by atoms with Crippen LogP contribution in [0.25, 0.3) is 0 Å². The number of aliphatic hydroxyl groups is 1. The van der Waals surface area contributed by atoms with Crippen molar-refractivity contribution >= 4 is 5.91 Å². The Morgan fingerprint density at radius 2 is 2.33 bits per heavy atom. The van der Waals surface area contributed by atoms with Crippen LogP contribution in [0, 0.1) is 0 Å². The summed E-state index contributed by atoms with van der Waals surface area (Å²) < 4.78 is 0. The van der Waals surface area contributed by atoms with Crippen molar-refractivity contribution in [3.63, 3.8) is 0 Å². The van der Waals surface area contributed by atoms with Crippen LogP contribution >= 0.6 is 0 Å². The number of β-amino-alcohol motifs (C(OH)–C–C–N with tert-alkyl or cyclic N) is 1. The van der Waals surface area contributed by atoms with Crippen LogP contribution < -0.4 is 5.43 Å². The fourth-order valence-corrected chi connectivity index (χ4v) is 1.30. The highest BCUT2D eigenvalue weighted by Crippen LogP contribution is 2.07. The fourth-order valence-electron chi connectivity index (χ4n) is 1.30. The van der Waals surface area contributed by atoms with E-state index in [2.05, 4.69) is 5.43 Å². The first kappa shape index (κ1) is 9.48. The van der Waals surface area contributed by atoms with Crippen molar-refractivity contribution in [3.05, 3.63) is 0 Å². The molecule has 0 bridgehead atoms. The highest BCUT2D eigenvalue weighted by Gasteiger charge is 2.22. The lowest BCUT2D eigenvalue weighted by molar-refractivity contribution is -0.130. The Morgan fingerprint density at radius 1 is 1.67 bits per heavy atom. The molecule has 70 valence electrons. The van der Waals surface area contributed by atoms with E-state index in [1.165, 1.54) is 0 Å². The van der Waals surface area contributed by atoms with E-state index in [0.29, 0.717) is 13.0 Å². The van der Waals surface area contributed by atoms with Crippen LogP contribution in [0.15, 0.2) is 0 Å². The molecule has 0 radical (unpaired) electrons. The van der Waals surface area contributed by atoms with Gasteiger partial charge >= 0.3 is 0 Å². The van der Waals surface area contributed by atoms with Crippen molar-refractivity contribution in [2.75, 3.05) is 13.1 Å². The van der Waals surface area contributed by atoms with E-state index in [4.69, 9.17) is 0 Å². The standard InChI is InChI=1S/C8H16N2O2/c1-8(2,12)6-10-5-3-4-7(11)9-10/h12H,3-6H2,1-2H3,(H,9,11). The Balaban J connectivity index is 2.37. The predicted molar refractivity (Wildman–Crippen MR) is 45.2 cm³/mol. The van der Waals surface area contributed by atoms with Gasteiger partial charge in [0, 0.05) is 19.5 Å². The van der Waals surface area contributed by atoms with Crippen LogP contribution in [-0.2, 0) is 4.79 Å². The number of hydrazine groups is 1. The zero-order valence-electron chi connectivity index (χ0n) is 7.63. The second kappa shape index (κ2) is 3.41. The summed E-state index contributed by atoms with van der Waals surface area (Å²) in [4.78, 5) is 10.9. The Bertz CT molecular complexity index is 174.